The van der Waals surface area contributed by atoms with Crippen LogP contribution in [0.2, 0.25) is 0 Å². The van der Waals surface area contributed by atoms with Gasteiger partial charge >= 0.3 is 0 Å². The number of nitrogen functional groups attached to an aromatic ring is 1. The Morgan fingerprint density at radius 2 is 2.21 bits per heavy atom. The summed E-state index contributed by atoms with van der Waals surface area (Å²) in [4.78, 5) is 10.3. The first kappa shape index (κ1) is 8.96. The number of hydrogen-bond acceptors (Lipinski definition) is 4. The largest absolute Gasteiger partial charge is 0.398 e. The van der Waals surface area contributed by atoms with Crippen LogP contribution in [0.3, 0.4) is 0 Å². The first-order valence-electron chi connectivity index (χ1n) is 4.42. The van der Waals surface area contributed by atoms with Gasteiger partial charge in [-0.3, -0.25) is 10.1 Å². The second-order valence-electron chi connectivity index (χ2n) is 3.47. The third-order valence-electron chi connectivity index (χ3n) is 2.64. The number of nitro benzene ring substituents is 1. The van der Waals surface area contributed by atoms with Crippen LogP contribution in [0.5, 0.6) is 0 Å². The molecule has 0 saturated carbocycles. The van der Waals surface area contributed by atoms with E-state index in [-0.39, 0.29) is 16.7 Å². The van der Waals surface area contributed by atoms with Crippen molar-refractivity contribution in [1.82, 2.24) is 0 Å². The summed E-state index contributed by atoms with van der Waals surface area (Å²) in [6.07, 6.45) is 1.39. The van der Waals surface area contributed by atoms with Crippen molar-refractivity contribution in [3.05, 3.63) is 33.4 Å². The topological polar surface area (TPSA) is 95.2 Å². The molecule has 0 saturated heterocycles. The highest BCUT2D eigenvalue weighted by molar-refractivity contribution is 5.62. The summed E-state index contributed by atoms with van der Waals surface area (Å²) in [5, 5.41) is 10.7. The highest BCUT2D eigenvalue weighted by Gasteiger charge is 2.28. The fourth-order valence-electron chi connectivity index (χ4n) is 1.99. The molecule has 74 valence electrons. The van der Waals surface area contributed by atoms with E-state index in [0.29, 0.717) is 17.7 Å². The van der Waals surface area contributed by atoms with Gasteiger partial charge in [0.25, 0.3) is 5.69 Å². The van der Waals surface area contributed by atoms with Crippen molar-refractivity contribution in [2.75, 3.05) is 5.73 Å². The fraction of sp³-hybridized carbons (Fsp3) is 0.333. The molecule has 4 N–H and O–H groups in total. The zero-order valence-corrected chi connectivity index (χ0v) is 7.56. The Labute approximate surface area is 80.9 Å². The van der Waals surface area contributed by atoms with Gasteiger partial charge in [0.1, 0.15) is 0 Å². The Balaban J connectivity index is 2.64. The first-order chi connectivity index (χ1) is 6.61. The quantitative estimate of drug-likeness (QED) is 0.397. The van der Waals surface area contributed by atoms with Gasteiger partial charge in [-0.15, -0.1) is 0 Å². The van der Waals surface area contributed by atoms with Gasteiger partial charge in [0.05, 0.1) is 4.92 Å². The van der Waals surface area contributed by atoms with Gasteiger partial charge < -0.3 is 11.5 Å². The van der Waals surface area contributed by atoms with E-state index in [9.17, 15) is 10.1 Å². The van der Waals surface area contributed by atoms with Crippen molar-refractivity contribution < 1.29 is 4.92 Å². The summed E-state index contributed by atoms with van der Waals surface area (Å²) in [7, 11) is 0. The van der Waals surface area contributed by atoms with Gasteiger partial charge in [0.2, 0.25) is 0 Å². The molecule has 1 aliphatic carbocycles. The molecular weight excluding hydrogens is 182 g/mol. The van der Waals surface area contributed by atoms with Crippen molar-refractivity contribution in [3.8, 4) is 0 Å². The number of hydrogen-bond donors (Lipinski definition) is 2. The number of anilines is 1. The number of benzene rings is 1. The van der Waals surface area contributed by atoms with Crippen LogP contribution in [0, 0.1) is 10.1 Å². The minimum absolute atomic E-state index is 0.141. The molecule has 1 atom stereocenters. The Morgan fingerprint density at radius 1 is 1.50 bits per heavy atom. The van der Waals surface area contributed by atoms with Crippen molar-refractivity contribution in [1.29, 1.82) is 0 Å². The maximum absolute atomic E-state index is 10.7. The molecule has 1 aliphatic rings. The maximum atomic E-state index is 10.7. The molecule has 0 bridgehead atoms. The van der Waals surface area contributed by atoms with Crippen LogP contribution < -0.4 is 11.5 Å². The van der Waals surface area contributed by atoms with Crippen molar-refractivity contribution in [2.24, 2.45) is 5.73 Å². The molecule has 0 amide bonds. The van der Waals surface area contributed by atoms with Gasteiger partial charge in [-0.25, -0.2) is 0 Å². The molecule has 0 unspecified atom stereocenters. The molecule has 5 nitrogen and oxygen atoms in total. The molecule has 1 aromatic carbocycles. The average molecular weight is 193 g/mol. The SMILES string of the molecule is Nc1ccc([N+](=O)[O-])c2c1[C@@H](N)CC2. The van der Waals surface area contributed by atoms with Gasteiger partial charge in [-0.05, 0) is 18.9 Å². The number of nitrogens with zero attached hydrogens (tertiary/aromatic N) is 1. The van der Waals surface area contributed by atoms with E-state index in [1.807, 2.05) is 0 Å². The van der Waals surface area contributed by atoms with E-state index < -0.39 is 0 Å². The average Bonchev–Trinajstić information content (AvgIpc) is 2.49. The molecule has 0 radical (unpaired) electrons. The van der Waals surface area contributed by atoms with Crippen LogP contribution in [-0.4, -0.2) is 4.92 Å². The fourth-order valence-corrected chi connectivity index (χ4v) is 1.99. The molecule has 1 aromatic rings. The van der Waals surface area contributed by atoms with Gasteiger partial charge in [0, 0.05) is 28.9 Å². The predicted molar refractivity (Wildman–Crippen MR) is 52.8 cm³/mol. The Kier molecular flexibility index (Phi) is 1.89. The third kappa shape index (κ3) is 1.13. The highest BCUT2D eigenvalue weighted by atomic mass is 16.6. The van der Waals surface area contributed by atoms with E-state index in [4.69, 9.17) is 11.5 Å². The normalized spacial score (nSPS) is 19.4. The van der Waals surface area contributed by atoms with Gasteiger partial charge in [0.15, 0.2) is 0 Å². The molecule has 2 rings (SSSR count). The van der Waals surface area contributed by atoms with Crippen LogP contribution in [0.15, 0.2) is 12.1 Å². The lowest BCUT2D eigenvalue weighted by molar-refractivity contribution is -0.385. The first-order valence-corrected chi connectivity index (χ1v) is 4.42. The summed E-state index contributed by atoms with van der Waals surface area (Å²) in [6, 6.07) is 2.86. The zero-order chi connectivity index (χ0) is 10.3. The number of rotatable bonds is 1. The number of fused-ring (bicyclic) bond motifs is 1. The van der Waals surface area contributed by atoms with Gasteiger partial charge in [-0.1, -0.05) is 0 Å². The lowest BCUT2D eigenvalue weighted by atomic mass is 10.0. The van der Waals surface area contributed by atoms with Crippen LogP contribution >= 0.6 is 0 Å². The van der Waals surface area contributed by atoms with Crippen molar-refractivity contribution in [3.63, 3.8) is 0 Å². The Bertz CT molecular complexity index is 403. The molecule has 0 aliphatic heterocycles. The number of nitro groups is 1. The molecule has 0 heterocycles. The monoisotopic (exact) mass is 193 g/mol. The lowest BCUT2D eigenvalue weighted by Crippen LogP contribution is -2.08. The second kappa shape index (κ2) is 2.95. The third-order valence-corrected chi connectivity index (χ3v) is 2.64. The van der Waals surface area contributed by atoms with Crippen LogP contribution in [0.25, 0.3) is 0 Å². The summed E-state index contributed by atoms with van der Waals surface area (Å²) in [5.74, 6) is 0. The molecule has 5 heteroatoms. The van der Waals surface area contributed by atoms with E-state index in [1.54, 1.807) is 6.07 Å². The van der Waals surface area contributed by atoms with E-state index in [2.05, 4.69) is 0 Å². The van der Waals surface area contributed by atoms with E-state index in [1.165, 1.54) is 6.07 Å². The molecule has 0 aromatic heterocycles. The maximum Gasteiger partial charge on any atom is 0.273 e. The van der Waals surface area contributed by atoms with Crippen LogP contribution in [0.1, 0.15) is 23.6 Å². The van der Waals surface area contributed by atoms with Crippen LogP contribution in [0.4, 0.5) is 11.4 Å². The minimum Gasteiger partial charge on any atom is -0.398 e. The molecule has 0 fully saturated rings. The Hall–Kier alpha value is -1.62. The summed E-state index contributed by atoms with van der Waals surface area (Å²) < 4.78 is 0. The zero-order valence-electron chi connectivity index (χ0n) is 7.56. The predicted octanol–water partition coefficient (Wildman–Crippen LogP) is 1.12. The molecule has 0 spiro atoms. The summed E-state index contributed by atoms with van der Waals surface area (Å²) >= 11 is 0. The number of nitrogens with two attached hydrogens (primary N) is 2. The summed E-state index contributed by atoms with van der Waals surface area (Å²) in [6.45, 7) is 0. The van der Waals surface area contributed by atoms with Crippen molar-refractivity contribution in [2.45, 2.75) is 18.9 Å². The Morgan fingerprint density at radius 3 is 2.86 bits per heavy atom. The molecule has 14 heavy (non-hydrogen) atoms. The highest BCUT2D eigenvalue weighted by Crippen LogP contribution is 2.38. The minimum atomic E-state index is -0.379. The second-order valence-corrected chi connectivity index (χ2v) is 3.47. The van der Waals surface area contributed by atoms with Crippen LogP contribution in [-0.2, 0) is 6.42 Å². The molecular formula is C9H11N3O2. The smallest absolute Gasteiger partial charge is 0.273 e. The van der Waals surface area contributed by atoms with E-state index >= 15 is 0 Å². The van der Waals surface area contributed by atoms with Crippen molar-refractivity contribution >= 4 is 11.4 Å². The lowest BCUT2D eigenvalue weighted by Gasteiger charge is -2.08. The van der Waals surface area contributed by atoms with Gasteiger partial charge in [-0.2, -0.15) is 0 Å². The van der Waals surface area contributed by atoms with E-state index in [0.717, 1.165) is 12.0 Å². The standard InChI is InChI=1S/C9H11N3O2/c10-6-2-1-5-8(12(13)14)4-3-7(11)9(5)6/h3-4,6H,1-2,10-11H2/t6-/m0/s1. The summed E-state index contributed by atoms with van der Waals surface area (Å²) in [5.41, 5.74) is 13.7.